The molecule has 0 saturated carbocycles. The fourth-order valence-electron chi connectivity index (χ4n) is 3.64. The lowest BCUT2D eigenvalue weighted by Crippen LogP contribution is -2.37. The molecule has 126 valence electrons. The van der Waals surface area contributed by atoms with Crippen molar-refractivity contribution in [1.82, 2.24) is 4.98 Å². The summed E-state index contributed by atoms with van der Waals surface area (Å²) in [5, 5.41) is 3.93. The van der Waals surface area contributed by atoms with Gasteiger partial charge >= 0.3 is 0 Å². The van der Waals surface area contributed by atoms with Crippen molar-refractivity contribution in [2.75, 3.05) is 0 Å². The van der Waals surface area contributed by atoms with Gasteiger partial charge in [0.25, 0.3) is 0 Å². The zero-order valence-electron chi connectivity index (χ0n) is 15.5. The van der Waals surface area contributed by atoms with Gasteiger partial charge in [-0.1, -0.05) is 50.0 Å². The van der Waals surface area contributed by atoms with E-state index in [1.54, 1.807) is 0 Å². The average molecular weight is 346 g/mol. The molecule has 0 radical (unpaired) electrons. The fraction of sp³-hybridized carbons (Fsp3) is 0.227. The molecule has 0 fully saturated rings. The molecular formula is C22H23NOSi. The molecule has 2 heterocycles. The summed E-state index contributed by atoms with van der Waals surface area (Å²) < 4.78 is 6.34. The maximum Gasteiger partial charge on any atom is 0.144 e. The first kappa shape index (κ1) is 16.1. The molecule has 2 aromatic heterocycles. The molecule has 2 aromatic carbocycles. The topological polar surface area (TPSA) is 26.0 Å². The Balaban J connectivity index is 2.15. The Morgan fingerprint density at radius 2 is 1.72 bits per heavy atom. The van der Waals surface area contributed by atoms with Crippen LogP contribution >= 0.6 is 0 Å². The van der Waals surface area contributed by atoms with Crippen molar-refractivity contribution in [2.24, 2.45) is 0 Å². The smallest absolute Gasteiger partial charge is 0.144 e. The van der Waals surface area contributed by atoms with Gasteiger partial charge in [0.15, 0.2) is 0 Å². The first-order valence-corrected chi connectivity index (χ1v) is 12.2. The standard InChI is InChI=1S/C22H23NOSi/c1-14-12-15(2)21(23-13-14)17-10-11-19(25(3,4)5)20-16-8-6-7-9-18(16)24-22(17)20/h6-13H,1-5H3. The molecule has 25 heavy (non-hydrogen) atoms. The highest BCUT2D eigenvalue weighted by Crippen LogP contribution is 2.36. The van der Waals surface area contributed by atoms with Gasteiger partial charge in [0.1, 0.15) is 11.2 Å². The number of pyridine rings is 1. The second-order valence-electron chi connectivity index (χ2n) is 7.89. The highest BCUT2D eigenvalue weighted by atomic mass is 28.3. The van der Waals surface area contributed by atoms with Gasteiger partial charge in [-0.3, -0.25) is 4.98 Å². The Morgan fingerprint density at radius 3 is 2.44 bits per heavy atom. The van der Waals surface area contributed by atoms with Crippen LogP contribution in [0, 0.1) is 13.8 Å². The minimum absolute atomic E-state index is 0.953. The lowest BCUT2D eigenvalue weighted by atomic mass is 10.0. The van der Waals surface area contributed by atoms with Crippen LogP contribution in [0.25, 0.3) is 33.2 Å². The van der Waals surface area contributed by atoms with Crippen LogP contribution in [0.1, 0.15) is 11.1 Å². The van der Waals surface area contributed by atoms with E-state index >= 15 is 0 Å². The van der Waals surface area contributed by atoms with Crippen LogP contribution in [-0.4, -0.2) is 13.1 Å². The predicted octanol–water partition coefficient (Wildman–Crippen LogP) is 5.81. The van der Waals surface area contributed by atoms with Crippen LogP contribution in [0.2, 0.25) is 19.6 Å². The van der Waals surface area contributed by atoms with Crippen molar-refractivity contribution < 1.29 is 4.42 Å². The highest BCUT2D eigenvalue weighted by molar-refractivity contribution is 6.90. The largest absolute Gasteiger partial charge is 0.455 e. The number of rotatable bonds is 2. The first-order valence-electron chi connectivity index (χ1n) is 8.74. The van der Waals surface area contributed by atoms with Gasteiger partial charge in [0, 0.05) is 22.5 Å². The third-order valence-corrected chi connectivity index (χ3v) is 6.84. The lowest BCUT2D eigenvalue weighted by Gasteiger charge is -2.19. The Bertz CT molecular complexity index is 1100. The molecular weight excluding hydrogens is 322 g/mol. The van der Waals surface area contributed by atoms with E-state index < -0.39 is 8.07 Å². The summed E-state index contributed by atoms with van der Waals surface area (Å²) in [6.45, 7) is 11.4. The molecule has 0 amide bonds. The molecule has 0 aliphatic heterocycles. The van der Waals surface area contributed by atoms with E-state index in [0.717, 1.165) is 22.4 Å². The minimum Gasteiger partial charge on any atom is -0.455 e. The number of para-hydroxylation sites is 1. The summed E-state index contributed by atoms with van der Waals surface area (Å²) in [6.07, 6.45) is 1.93. The maximum absolute atomic E-state index is 6.34. The number of benzene rings is 2. The van der Waals surface area contributed by atoms with E-state index in [1.165, 1.54) is 27.1 Å². The summed E-state index contributed by atoms with van der Waals surface area (Å²) in [4.78, 5) is 4.71. The van der Waals surface area contributed by atoms with Crippen molar-refractivity contribution >= 4 is 35.2 Å². The fourth-order valence-corrected chi connectivity index (χ4v) is 5.22. The van der Waals surface area contributed by atoms with E-state index in [-0.39, 0.29) is 0 Å². The molecule has 2 nitrogen and oxygen atoms in total. The number of aromatic nitrogens is 1. The average Bonchev–Trinajstić information content (AvgIpc) is 2.93. The number of aryl methyl sites for hydroxylation is 2. The second-order valence-corrected chi connectivity index (χ2v) is 12.9. The third kappa shape index (κ3) is 2.59. The van der Waals surface area contributed by atoms with Gasteiger partial charge < -0.3 is 4.42 Å². The predicted molar refractivity (Wildman–Crippen MR) is 109 cm³/mol. The summed E-state index contributed by atoms with van der Waals surface area (Å²) in [5.74, 6) is 0. The Kier molecular flexibility index (Phi) is 3.58. The van der Waals surface area contributed by atoms with Crippen LogP contribution in [-0.2, 0) is 0 Å². The van der Waals surface area contributed by atoms with Gasteiger partial charge in [0.05, 0.1) is 13.8 Å². The Labute approximate surface area is 149 Å². The molecule has 3 heteroatoms. The molecule has 0 atom stereocenters. The van der Waals surface area contributed by atoms with Gasteiger partial charge in [-0.25, -0.2) is 0 Å². The van der Waals surface area contributed by atoms with Crippen LogP contribution in [0.4, 0.5) is 0 Å². The van der Waals surface area contributed by atoms with Crippen LogP contribution in [0.5, 0.6) is 0 Å². The monoisotopic (exact) mass is 345 g/mol. The molecule has 0 aliphatic rings. The van der Waals surface area contributed by atoms with E-state index in [4.69, 9.17) is 9.40 Å². The second kappa shape index (κ2) is 5.56. The quantitative estimate of drug-likeness (QED) is 0.428. The molecule has 0 aliphatic carbocycles. The molecule has 0 N–H and O–H groups in total. The normalized spacial score (nSPS) is 12.2. The van der Waals surface area contributed by atoms with Crippen molar-refractivity contribution in [3.63, 3.8) is 0 Å². The summed E-state index contributed by atoms with van der Waals surface area (Å²) in [5.41, 5.74) is 6.39. The molecule has 4 rings (SSSR count). The van der Waals surface area contributed by atoms with Gasteiger partial charge in [-0.05, 0) is 42.3 Å². The number of hydrogen-bond donors (Lipinski definition) is 0. The van der Waals surface area contributed by atoms with Crippen LogP contribution in [0.3, 0.4) is 0 Å². The van der Waals surface area contributed by atoms with Crippen LogP contribution in [0.15, 0.2) is 53.1 Å². The zero-order valence-corrected chi connectivity index (χ0v) is 16.5. The molecule has 0 bridgehead atoms. The number of fused-ring (bicyclic) bond motifs is 3. The van der Waals surface area contributed by atoms with E-state index in [9.17, 15) is 0 Å². The van der Waals surface area contributed by atoms with Crippen molar-refractivity contribution in [3.05, 3.63) is 59.8 Å². The van der Waals surface area contributed by atoms with Gasteiger partial charge in [-0.2, -0.15) is 0 Å². The Hall–Kier alpha value is -2.39. The summed E-state index contributed by atoms with van der Waals surface area (Å²) >= 11 is 0. The minimum atomic E-state index is -1.51. The number of nitrogens with zero attached hydrogens (tertiary/aromatic N) is 1. The zero-order chi connectivity index (χ0) is 17.8. The van der Waals surface area contributed by atoms with Gasteiger partial charge in [-0.15, -0.1) is 0 Å². The Morgan fingerprint density at radius 1 is 0.960 bits per heavy atom. The maximum atomic E-state index is 6.34. The van der Waals surface area contributed by atoms with Crippen molar-refractivity contribution in [3.8, 4) is 11.3 Å². The number of hydrogen-bond acceptors (Lipinski definition) is 2. The van der Waals surface area contributed by atoms with Crippen molar-refractivity contribution in [1.29, 1.82) is 0 Å². The molecule has 4 aromatic rings. The first-order chi connectivity index (χ1) is 11.9. The van der Waals surface area contributed by atoms with Crippen LogP contribution < -0.4 is 5.19 Å². The summed E-state index contributed by atoms with van der Waals surface area (Å²) in [6, 6.07) is 15.0. The molecule has 0 unspecified atom stereocenters. The van der Waals surface area contributed by atoms with E-state index in [2.05, 4.69) is 69.9 Å². The third-order valence-electron chi connectivity index (χ3n) is 4.80. The van der Waals surface area contributed by atoms with Gasteiger partial charge in [0.2, 0.25) is 0 Å². The highest BCUT2D eigenvalue weighted by Gasteiger charge is 2.25. The van der Waals surface area contributed by atoms with E-state index in [1.807, 2.05) is 12.3 Å². The van der Waals surface area contributed by atoms with Crippen molar-refractivity contribution in [2.45, 2.75) is 33.5 Å². The summed E-state index contributed by atoms with van der Waals surface area (Å²) in [7, 11) is -1.51. The SMILES string of the molecule is Cc1cnc(-c2ccc([Si](C)(C)C)c3c2oc2ccccc23)c(C)c1. The van der Waals surface area contributed by atoms with E-state index in [0.29, 0.717) is 0 Å². The number of furan rings is 1. The molecule has 0 saturated heterocycles. The molecule has 0 spiro atoms. The lowest BCUT2D eigenvalue weighted by molar-refractivity contribution is 0.670.